The molecule has 1 atom stereocenters. The van der Waals surface area contributed by atoms with Crippen molar-refractivity contribution in [2.75, 3.05) is 7.05 Å². The van der Waals surface area contributed by atoms with E-state index in [1.54, 1.807) is 26.0 Å². The minimum Gasteiger partial charge on any atom is -0.480 e. The van der Waals surface area contributed by atoms with E-state index >= 15 is 0 Å². The van der Waals surface area contributed by atoms with Gasteiger partial charge in [0.1, 0.15) is 6.04 Å². The van der Waals surface area contributed by atoms with Crippen molar-refractivity contribution < 1.29 is 19.5 Å². The molecule has 2 amide bonds. The van der Waals surface area contributed by atoms with Gasteiger partial charge < -0.3 is 15.7 Å². The molecule has 0 unspecified atom stereocenters. The topological polar surface area (TPSA) is 95.5 Å². The average molecular weight is 278 g/mol. The zero-order chi connectivity index (χ0) is 15.3. The molecule has 1 aromatic carbocycles. The van der Waals surface area contributed by atoms with Crippen LogP contribution in [-0.2, 0) is 4.79 Å². The summed E-state index contributed by atoms with van der Waals surface area (Å²) in [4.78, 5) is 34.6. The smallest absolute Gasteiger partial charge is 0.326 e. The molecule has 6 nitrogen and oxygen atoms in total. The number of carbonyl (C=O) groups is 3. The molecule has 0 saturated carbocycles. The second-order valence-corrected chi connectivity index (χ2v) is 4.69. The third-order valence-electron chi connectivity index (χ3n) is 2.83. The highest BCUT2D eigenvalue weighted by Crippen LogP contribution is 2.08. The number of hydrogen-bond acceptors (Lipinski definition) is 3. The Hall–Kier alpha value is -2.37. The summed E-state index contributed by atoms with van der Waals surface area (Å²) in [5.74, 6) is -2.15. The molecule has 0 radical (unpaired) electrons. The van der Waals surface area contributed by atoms with Gasteiger partial charge >= 0.3 is 5.97 Å². The highest BCUT2D eigenvalue weighted by atomic mass is 16.4. The summed E-state index contributed by atoms with van der Waals surface area (Å²) < 4.78 is 0. The third-order valence-corrected chi connectivity index (χ3v) is 2.83. The van der Waals surface area contributed by atoms with Crippen LogP contribution in [0, 0.1) is 5.92 Å². The van der Waals surface area contributed by atoms with Crippen molar-refractivity contribution in [3.8, 4) is 0 Å². The number of carbonyl (C=O) groups excluding carboxylic acids is 2. The molecule has 0 aromatic heterocycles. The summed E-state index contributed by atoms with van der Waals surface area (Å²) in [7, 11) is 1.49. The highest BCUT2D eigenvalue weighted by molar-refractivity contribution is 6.00. The van der Waals surface area contributed by atoms with E-state index in [0.717, 1.165) is 0 Å². The Morgan fingerprint density at radius 1 is 1.10 bits per heavy atom. The van der Waals surface area contributed by atoms with E-state index in [4.69, 9.17) is 5.11 Å². The normalized spacial score (nSPS) is 11.8. The van der Waals surface area contributed by atoms with Gasteiger partial charge in [-0.2, -0.15) is 0 Å². The van der Waals surface area contributed by atoms with E-state index in [1.165, 1.54) is 19.2 Å². The Morgan fingerprint density at radius 3 is 2.10 bits per heavy atom. The third kappa shape index (κ3) is 3.81. The maximum Gasteiger partial charge on any atom is 0.326 e. The second-order valence-electron chi connectivity index (χ2n) is 4.69. The van der Waals surface area contributed by atoms with Crippen LogP contribution >= 0.6 is 0 Å². The van der Waals surface area contributed by atoms with Crippen LogP contribution in [0.4, 0.5) is 0 Å². The fraction of sp³-hybridized carbons (Fsp3) is 0.357. The van der Waals surface area contributed by atoms with Crippen LogP contribution in [0.25, 0.3) is 0 Å². The standard InChI is InChI=1S/C14H18N2O4/c1-8(2)11(14(19)20)16-13(18)10-6-4-5-9(7-10)12(17)15-3/h4-8,11H,1-3H3,(H,15,17)(H,16,18)(H,19,20)/t11-/m0/s1. The van der Waals surface area contributed by atoms with Crippen molar-refractivity contribution in [2.45, 2.75) is 19.9 Å². The van der Waals surface area contributed by atoms with Gasteiger partial charge in [-0.1, -0.05) is 19.9 Å². The molecule has 0 bridgehead atoms. The number of carboxylic acids is 1. The van der Waals surface area contributed by atoms with Crippen molar-refractivity contribution in [3.05, 3.63) is 35.4 Å². The lowest BCUT2D eigenvalue weighted by molar-refractivity contribution is -0.140. The largest absolute Gasteiger partial charge is 0.480 e. The molecule has 108 valence electrons. The van der Waals surface area contributed by atoms with E-state index in [-0.39, 0.29) is 17.4 Å². The van der Waals surface area contributed by atoms with Crippen LogP contribution in [0.2, 0.25) is 0 Å². The van der Waals surface area contributed by atoms with Crippen molar-refractivity contribution in [1.29, 1.82) is 0 Å². The molecule has 0 fully saturated rings. The van der Waals surface area contributed by atoms with Crippen molar-refractivity contribution in [3.63, 3.8) is 0 Å². The first-order chi connectivity index (χ1) is 9.36. The first kappa shape index (κ1) is 15.7. The van der Waals surface area contributed by atoms with Gasteiger partial charge in [-0.25, -0.2) is 4.79 Å². The Labute approximate surface area is 117 Å². The molecule has 0 spiro atoms. The molecule has 0 saturated heterocycles. The lowest BCUT2D eigenvalue weighted by Gasteiger charge is -2.18. The predicted octanol–water partition coefficient (Wildman–Crippen LogP) is 0.885. The molecule has 0 aliphatic rings. The number of benzene rings is 1. The van der Waals surface area contributed by atoms with Gasteiger partial charge in [0.15, 0.2) is 0 Å². The van der Waals surface area contributed by atoms with Gasteiger partial charge in [-0.3, -0.25) is 9.59 Å². The van der Waals surface area contributed by atoms with Crippen LogP contribution in [0.3, 0.4) is 0 Å². The minimum atomic E-state index is -1.09. The van der Waals surface area contributed by atoms with E-state index < -0.39 is 17.9 Å². The van der Waals surface area contributed by atoms with Crippen LogP contribution < -0.4 is 10.6 Å². The molecule has 6 heteroatoms. The number of nitrogens with one attached hydrogen (secondary N) is 2. The van der Waals surface area contributed by atoms with Crippen LogP contribution in [0.1, 0.15) is 34.6 Å². The first-order valence-corrected chi connectivity index (χ1v) is 6.22. The van der Waals surface area contributed by atoms with Gasteiger partial charge in [0.25, 0.3) is 11.8 Å². The number of rotatable bonds is 5. The molecule has 3 N–H and O–H groups in total. The Morgan fingerprint density at radius 2 is 1.65 bits per heavy atom. The average Bonchev–Trinajstić information content (AvgIpc) is 2.42. The fourth-order valence-electron chi connectivity index (χ4n) is 1.68. The van der Waals surface area contributed by atoms with E-state index in [9.17, 15) is 14.4 Å². The van der Waals surface area contributed by atoms with Crippen LogP contribution in [-0.4, -0.2) is 36.0 Å². The van der Waals surface area contributed by atoms with Gasteiger partial charge in [0, 0.05) is 18.2 Å². The molecular weight excluding hydrogens is 260 g/mol. The van der Waals surface area contributed by atoms with Crippen molar-refractivity contribution in [1.82, 2.24) is 10.6 Å². The lowest BCUT2D eigenvalue weighted by Crippen LogP contribution is -2.44. The van der Waals surface area contributed by atoms with Gasteiger partial charge in [0.2, 0.25) is 0 Å². The lowest BCUT2D eigenvalue weighted by atomic mass is 10.0. The second kappa shape index (κ2) is 6.70. The number of carboxylic acid groups (broad SMARTS) is 1. The SMILES string of the molecule is CNC(=O)c1cccc(C(=O)N[C@H](C(=O)O)C(C)C)c1. The summed E-state index contributed by atoms with van der Waals surface area (Å²) in [5, 5.41) is 13.9. The molecule has 1 aromatic rings. The van der Waals surface area contributed by atoms with Crippen LogP contribution in [0.5, 0.6) is 0 Å². The molecule has 0 aliphatic heterocycles. The van der Waals surface area contributed by atoms with E-state index in [1.807, 2.05) is 0 Å². The van der Waals surface area contributed by atoms with Gasteiger partial charge in [-0.05, 0) is 24.1 Å². The molecular formula is C14H18N2O4. The summed E-state index contributed by atoms with van der Waals surface area (Å²) >= 11 is 0. The zero-order valence-corrected chi connectivity index (χ0v) is 11.6. The number of amides is 2. The van der Waals surface area contributed by atoms with Gasteiger partial charge in [-0.15, -0.1) is 0 Å². The summed E-state index contributed by atoms with van der Waals surface area (Å²) in [6, 6.07) is 5.14. The Bertz CT molecular complexity index is 526. The maximum atomic E-state index is 12.0. The van der Waals surface area contributed by atoms with Crippen molar-refractivity contribution >= 4 is 17.8 Å². The van der Waals surface area contributed by atoms with E-state index in [2.05, 4.69) is 10.6 Å². The maximum absolute atomic E-state index is 12.0. The number of aliphatic carboxylic acids is 1. The van der Waals surface area contributed by atoms with Crippen molar-refractivity contribution in [2.24, 2.45) is 5.92 Å². The molecule has 20 heavy (non-hydrogen) atoms. The fourth-order valence-corrected chi connectivity index (χ4v) is 1.68. The predicted molar refractivity (Wildman–Crippen MR) is 73.6 cm³/mol. The molecule has 0 heterocycles. The summed E-state index contributed by atoms with van der Waals surface area (Å²) in [5.41, 5.74) is 0.592. The highest BCUT2D eigenvalue weighted by Gasteiger charge is 2.24. The monoisotopic (exact) mass is 278 g/mol. The van der Waals surface area contributed by atoms with Gasteiger partial charge in [0.05, 0.1) is 0 Å². The summed E-state index contributed by atoms with van der Waals surface area (Å²) in [6.45, 7) is 3.42. The Balaban J connectivity index is 2.92. The van der Waals surface area contributed by atoms with E-state index in [0.29, 0.717) is 5.56 Å². The molecule has 0 aliphatic carbocycles. The quantitative estimate of drug-likeness (QED) is 0.745. The Kier molecular flexibility index (Phi) is 5.25. The molecule has 1 rings (SSSR count). The summed E-state index contributed by atoms with van der Waals surface area (Å²) in [6.07, 6.45) is 0. The van der Waals surface area contributed by atoms with Crippen LogP contribution in [0.15, 0.2) is 24.3 Å². The zero-order valence-electron chi connectivity index (χ0n) is 11.6. The number of hydrogen-bond donors (Lipinski definition) is 3. The first-order valence-electron chi connectivity index (χ1n) is 6.22. The minimum absolute atomic E-state index is 0.237.